The Kier molecular flexibility index (Phi) is 8.12. The summed E-state index contributed by atoms with van der Waals surface area (Å²) < 4.78 is 27.9. The number of thioether (sulfide) groups is 1. The fourth-order valence-electron chi connectivity index (χ4n) is 3.34. The lowest BCUT2D eigenvalue weighted by Gasteiger charge is -2.19. The molecule has 1 fully saturated rings. The van der Waals surface area contributed by atoms with Crippen LogP contribution in [0.1, 0.15) is 24.8 Å². The van der Waals surface area contributed by atoms with Gasteiger partial charge in [0.1, 0.15) is 11.9 Å². The molecule has 3 rings (SSSR count). The van der Waals surface area contributed by atoms with Gasteiger partial charge in [-0.05, 0) is 61.1 Å². The van der Waals surface area contributed by atoms with Crippen LogP contribution in [-0.4, -0.2) is 50.4 Å². The minimum Gasteiger partial charge on any atom is -0.357 e. The second-order valence-corrected chi connectivity index (χ2v) is 9.90. The Morgan fingerprint density at radius 1 is 1.20 bits per heavy atom. The lowest BCUT2D eigenvalue weighted by atomic mass is 10.2. The van der Waals surface area contributed by atoms with E-state index in [2.05, 4.69) is 19.9 Å². The number of carbonyl (C=O) groups excluding carboxylic acids is 1. The molecule has 0 aliphatic carbocycles. The van der Waals surface area contributed by atoms with Crippen molar-refractivity contribution < 1.29 is 13.2 Å². The molecular formula is C21H28N4O3S2. The molecule has 2 N–H and O–H groups in total. The molecule has 1 aromatic carbocycles. The zero-order chi connectivity index (χ0) is 21.4. The summed E-state index contributed by atoms with van der Waals surface area (Å²) >= 11 is 1.57. The molecule has 1 aromatic heterocycles. The maximum Gasteiger partial charge on any atom is 0.241 e. The van der Waals surface area contributed by atoms with E-state index in [1.54, 1.807) is 36.2 Å². The summed E-state index contributed by atoms with van der Waals surface area (Å²) in [6, 6.07) is 11.1. The van der Waals surface area contributed by atoms with Crippen LogP contribution in [0.15, 0.2) is 53.6 Å². The summed E-state index contributed by atoms with van der Waals surface area (Å²) in [6.45, 7) is 2.33. The molecule has 0 bridgehead atoms. The molecule has 0 saturated carbocycles. The third-order valence-electron chi connectivity index (χ3n) is 4.98. The number of benzene rings is 1. The lowest BCUT2D eigenvalue weighted by molar-refractivity contribution is -0.122. The number of carbonyl (C=O) groups is 1. The van der Waals surface area contributed by atoms with Crippen LogP contribution >= 0.6 is 11.8 Å². The first-order valence-corrected chi connectivity index (χ1v) is 12.9. The molecule has 0 spiro atoms. The van der Waals surface area contributed by atoms with Crippen molar-refractivity contribution in [2.45, 2.75) is 36.7 Å². The van der Waals surface area contributed by atoms with Crippen molar-refractivity contribution in [3.05, 3.63) is 54.2 Å². The van der Waals surface area contributed by atoms with Crippen LogP contribution in [-0.2, 0) is 21.4 Å². The fourth-order valence-corrected chi connectivity index (χ4v) is 5.06. The molecule has 1 aliphatic rings. The molecule has 1 saturated heterocycles. The van der Waals surface area contributed by atoms with Gasteiger partial charge in [-0.2, -0.15) is 16.5 Å². The lowest BCUT2D eigenvalue weighted by Crippen LogP contribution is -2.46. The number of amides is 1. The third kappa shape index (κ3) is 6.20. The van der Waals surface area contributed by atoms with Crippen LogP contribution in [0.25, 0.3) is 0 Å². The van der Waals surface area contributed by atoms with Crippen LogP contribution in [0.3, 0.4) is 0 Å². The highest BCUT2D eigenvalue weighted by molar-refractivity contribution is 7.98. The average molecular weight is 449 g/mol. The molecule has 162 valence electrons. The van der Waals surface area contributed by atoms with Crippen molar-refractivity contribution in [2.75, 3.05) is 30.0 Å². The summed E-state index contributed by atoms with van der Waals surface area (Å²) in [5, 5.41) is 2.88. The van der Waals surface area contributed by atoms with Gasteiger partial charge < -0.3 is 10.2 Å². The average Bonchev–Trinajstić information content (AvgIpc) is 3.31. The number of hydrogen-bond acceptors (Lipinski definition) is 6. The molecular weight excluding hydrogens is 420 g/mol. The standard InChI is InChI=1S/C21H28N4O3S2/c1-29-14-10-19(24-30(27,28)18-7-3-2-4-8-18)21(26)23-16-17-9-11-22-20(15-17)25-12-5-6-13-25/h2-4,7-9,11,15,19,24H,5-6,10,12-14,16H2,1H3,(H,23,26). The van der Waals surface area contributed by atoms with Gasteiger partial charge in [0.2, 0.25) is 15.9 Å². The Balaban J connectivity index is 1.64. The van der Waals surface area contributed by atoms with E-state index in [0.717, 1.165) is 24.5 Å². The second kappa shape index (κ2) is 10.8. The number of nitrogens with one attached hydrogen (secondary N) is 2. The van der Waals surface area contributed by atoms with Gasteiger partial charge in [0.25, 0.3) is 0 Å². The van der Waals surface area contributed by atoms with Gasteiger partial charge in [0, 0.05) is 25.8 Å². The summed E-state index contributed by atoms with van der Waals surface area (Å²) in [5.74, 6) is 1.26. The zero-order valence-corrected chi connectivity index (χ0v) is 18.7. The van der Waals surface area contributed by atoms with Crippen LogP contribution in [0.2, 0.25) is 0 Å². The fraction of sp³-hybridized carbons (Fsp3) is 0.429. The smallest absolute Gasteiger partial charge is 0.241 e. The summed E-state index contributed by atoms with van der Waals surface area (Å²) in [5.41, 5.74) is 0.940. The largest absolute Gasteiger partial charge is 0.357 e. The van der Waals surface area contributed by atoms with Crippen molar-refractivity contribution in [3.63, 3.8) is 0 Å². The van der Waals surface area contributed by atoms with Crippen LogP contribution in [0, 0.1) is 0 Å². The van der Waals surface area contributed by atoms with Gasteiger partial charge in [-0.3, -0.25) is 4.79 Å². The molecule has 1 amide bonds. The normalized spacial score (nSPS) is 15.2. The third-order valence-corrected chi connectivity index (χ3v) is 7.12. The van der Waals surface area contributed by atoms with E-state index in [0.29, 0.717) is 18.7 Å². The van der Waals surface area contributed by atoms with Crippen molar-refractivity contribution in [1.82, 2.24) is 15.0 Å². The van der Waals surface area contributed by atoms with Gasteiger partial charge >= 0.3 is 0 Å². The van der Waals surface area contributed by atoms with Crippen molar-refractivity contribution in [1.29, 1.82) is 0 Å². The van der Waals surface area contributed by atoms with Crippen LogP contribution < -0.4 is 14.9 Å². The monoisotopic (exact) mass is 448 g/mol. The van der Waals surface area contributed by atoms with E-state index in [4.69, 9.17) is 0 Å². The maximum atomic E-state index is 12.8. The highest BCUT2D eigenvalue weighted by atomic mass is 32.2. The Bertz CT molecular complexity index is 932. The molecule has 7 nitrogen and oxygen atoms in total. The SMILES string of the molecule is CSCCC(NS(=O)(=O)c1ccccc1)C(=O)NCc1ccnc(N2CCCC2)c1. The molecule has 9 heteroatoms. The zero-order valence-electron chi connectivity index (χ0n) is 17.1. The van der Waals surface area contributed by atoms with Gasteiger partial charge in [0.05, 0.1) is 4.90 Å². The topological polar surface area (TPSA) is 91.4 Å². The predicted molar refractivity (Wildman–Crippen MR) is 121 cm³/mol. The number of pyridine rings is 1. The summed E-state index contributed by atoms with van der Waals surface area (Å²) in [4.78, 5) is 19.6. The molecule has 2 heterocycles. The number of aromatic nitrogens is 1. The molecule has 0 radical (unpaired) electrons. The van der Waals surface area contributed by atoms with Crippen molar-refractivity contribution >= 4 is 33.5 Å². The van der Waals surface area contributed by atoms with E-state index in [9.17, 15) is 13.2 Å². The predicted octanol–water partition coefficient (Wildman–Crippen LogP) is 2.40. The summed E-state index contributed by atoms with van der Waals surface area (Å²) in [7, 11) is -3.77. The maximum absolute atomic E-state index is 12.8. The minimum atomic E-state index is -3.77. The van der Waals surface area contributed by atoms with Gasteiger partial charge in [-0.1, -0.05) is 18.2 Å². The number of rotatable bonds is 10. The second-order valence-electron chi connectivity index (χ2n) is 7.20. The van der Waals surface area contributed by atoms with Gasteiger partial charge in [0.15, 0.2) is 0 Å². The molecule has 1 unspecified atom stereocenters. The summed E-state index contributed by atoms with van der Waals surface area (Å²) in [6.07, 6.45) is 6.42. The first-order valence-electron chi connectivity index (χ1n) is 10.0. The highest BCUT2D eigenvalue weighted by Gasteiger charge is 2.25. The minimum absolute atomic E-state index is 0.149. The van der Waals surface area contributed by atoms with Crippen LogP contribution in [0.5, 0.6) is 0 Å². The van der Waals surface area contributed by atoms with E-state index in [1.807, 2.05) is 18.4 Å². The Hall–Kier alpha value is -2.10. The Morgan fingerprint density at radius 2 is 1.93 bits per heavy atom. The molecule has 2 aromatic rings. The first kappa shape index (κ1) is 22.6. The number of sulfonamides is 1. The van der Waals surface area contributed by atoms with Gasteiger partial charge in [-0.25, -0.2) is 13.4 Å². The highest BCUT2D eigenvalue weighted by Crippen LogP contribution is 2.18. The van der Waals surface area contributed by atoms with E-state index >= 15 is 0 Å². The molecule has 1 atom stereocenters. The number of hydrogen-bond donors (Lipinski definition) is 2. The van der Waals surface area contributed by atoms with Gasteiger partial charge in [-0.15, -0.1) is 0 Å². The number of anilines is 1. The van der Waals surface area contributed by atoms with E-state index in [1.165, 1.54) is 25.0 Å². The molecule has 1 aliphatic heterocycles. The number of nitrogens with zero attached hydrogens (tertiary/aromatic N) is 2. The van der Waals surface area contributed by atoms with Crippen LogP contribution in [0.4, 0.5) is 5.82 Å². The van der Waals surface area contributed by atoms with E-state index in [-0.39, 0.29) is 10.8 Å². The van der Waals surface area contributed by atoms with E-state index < -0.39 is 16.1 Å². The Labute approximate surface area is 182 Å². The Morgan fingerprint density at radius 3 is 2.63 bits per heavy atom. The molecule has 30 heavy (non-hydrogen) atoms. The van der Waals surface area contributed by atoms with Crippen molar-refractivity contribution in [3.8, 4) is 0 Å². The quantitative estimate of drug-likeness (QED) is 0.580. The first-order chi connectivity index (χ1) is 14.5. The van der Waals surface area contributed by atoms with Crippen molar-refractivity contribution in [2.24, 2.45) is 0 Å².